The van der Waals surface area contributed by atoms with Gasteiger partial charge in [-0.3, -0.25) is 4.79 Å². The first-order valence-electron chi connectivity index (χ1n) is 5.31. The van der Waals surface area contributed by atoms with E-state index in [1.165, 1.54) is 6.20 Å². The summed E-state index contributed by atoms with van der Waals surface area (Å²) in [4.78, 5) is 11.2. The van der Waals surface area contributed by atoms with Crippen molar-refractivity contribution < 1.29 is 9.90 Å². The number of carboxylic acids is 1. The molecular formula is C13H12N2O2. The van der Waals surface area contributed by atoms with E-state index in [-0.39, 0.29) is 0 Å². The van der Waals surface area contributed by atoms with Crippen molar-refractivity contribution in [3.05, 3.63) is 59.9 Å². The van der Waals surface area contributed by atoms with Gasteiger partial charge in [-0.05, 0) is 24.1 Å². The summed E-state index contributed by atoms with van der Waals surface area (Å²) in [6, 6.07) is 12.9. The minimum Gasteiger partial charge on any atom is -0.481 e. The van der Waals surface area contributed by atoms with E-state index in [0.717, 1.165) is 5.56 Å². The van der Waals surface area contributed by atoms with E-state index in [1.54, 1.807) is 12.1 Å². The average molecular weight is 228 g/mol. The highest BCUT2D eigenvalue weighted by Gasteiger charge is 2.21. The molecule has 4 nitrogen and oxygen atoms in total. The fourth-order valence-electron chi connectivity index (χ4n) is 1.67. The van der Waals surface area contributed by atoms with Crippen LogP contribution in [0.25, 0.3) is 0 Å². The van der Waals surface area contributed by atoms with E-state index in [9.17, 15) is 9.90 Å². The Labute approximate surface area is 98.9 Å². The Morgan fingerprint density at radius 3 is 2.53 bits per heavy atom. The molecule has 0 bridgehead atoms. The fraction of sp³-hybridized carbons (Fsp3) is 0.154. The smallest absolute Gasteiger partial charge is 0.313 e. The van der Waals surface area contributed by atoms with Crippen molar-refractivity contribution in [2.75, 3.05) is 0 Å². The lowest BCUT2D eigenvalue weighted by Crippen LogP contribution is -2.16. The van der Waals surface area contributed by atoms with Crippen LogP contribution in [-0.4, -0.2) is 21.3 Å². The highest BCUT2D eigenvalue weighted by molar-refractivity contribution is 5.75. The molecule has 0 aliphatic rings. The minimum atomic E-state index is -0.880. The molecule has 0 aliphatic heterocycles. The molecule has 1 atom stereocenters. The molecule has 0 aliphatic carbocycles. The summed E-state index contributed by atoms with van der Waals surface area (Å²) in [5, 5.41) is 16.8. The van der Waals surface area contributed by atoms with Gasteiger partial charge < -0.3 is 5.11 Å². The van der Waals surface area contributed by atoms with Crippen molar-refractivity contribution in [1.29, 1.82) is 0 Å². The number of hydrogen-bond donors (Lipinski definition) is 1. The van der Waals surface area contributed by atoms with E-state index in [0.29, 0.717) is 12.1 Å². The third-order valence-electron chi connectivity index (χ3n) is 2.53. The second-order valence-corrected chi connectivity index (χ2v) is 3.73. The normalized spacial score (nSPS) is 12.0. The molecule has 1 aromatic carbocycles. The van der Waals surface area contributed by atoms with Crippen LogP contribution in [0.1, 0.15) is 17.2 Å². The number of rotatable bonds is 4. The maximum atomic E-state index is 11.2. The molecule has 1 unspecified atom stereocenters. The molecule has 4 heteroatoms. The molecule has 0 amide bonds. The van der Waals surface area contributed by atoms with Gasteiger partial charge >= 0.3 is 5.97 Å². The molecule has 1 aromatic heterocycles. The van der Waals surface area contributed by atoms with Crippen LogP contribution >= 0.6 is 0 Å². The number of hydrogen-bond acceptors (Lipinski definition) is 3. The number of carbonyl (C=O) groups is 1. The monoisotopic (exact) mass is 228 g/mol. The highest BCUT2D eigenvalue weighted by Crippen LogP contribution is 2.18. The van der Waals surface area contributed by atoms with Gasteiger partial charge in [0.25, 0.3) is 0 Å². The second-order valence-electron chi connectivity index (χ2n) is 3.73. The maximum absolute atomic E-state index is 11.2. The lowest BCUT2D eigenvalue weighted by atomic mass is 9.96. The summed E-state index contributed by atoms with van der Waals surface area (Å²) in [5.74, 6) is -1.53. The number of benzene rings is 1. The lowest BCUT2D eigenvalue weighted by molar-refractivity contribution is -0.138. The quantitative estimate of drug-likeness (QED) is 0.867. The van der Waals surface area contributed by atoms with Crippen molar-refractivity contribution in [1.82, 2.24) is 10.2 Å². The van der Waals surface area contributed by atoms with Crippen LogP contribution in [-0.2, 0) is 11.2 Å². The van der Waals surface area contributed by atoms with Crippen LogP contribution in [0.2, 0.25) is 0 Å². The summed E-state index contributed by atoms with van der Waals surface area (Å²) >= 11 is 0. The Kier molecular flexibility index (Phi) is 3.45. The Morgan fingerprint density at radius 2 is 1.94 bits per heavy atom. The topological polar surface area (TPSA) is 63.1 Å². The first kappa shape index (κ1) is 11.3. The molecule has 0 spiro atoms. The van der Waals surface area contributed by atoms with Crippen LogP contribution in [0, 0.1) is 0 Å². The first-order chi connectivity index (χ1) is 8.27. The van der Waals surface area contributed by atoms with E-state index in [1.807, 2.05) is 30.3 Å². The van der Waals surface area contributed by atoms with Crippen molar-refractivity contribution in [2.24, 2.45) is 0 Å². The maximum Gasteiger partial charge on any atom is 0.313 e. The minimum absolute atomic E-state index is 0.425. The second kappa shape index (κ2) is 5.21. The molecule has 0 saturated heterocycles. The third kappa shape index (κ3) is 2.87. The predicted octanol–water partition coefficient (Wildman–Crippen LogP) is 1.89. The molecular weight excluding hydrogens is 216 g/mol. The molecule has 0 saturated carbocycles. The highest BCUT2D eigenvalue weighted by atomic mass is 16.4. The Balaban J connectivity index is 2.23. The molecule has 0 fully saturated rings. The van der Waals surface area contributed by atoms with Gasteiger partial charge in [-0.15, -0.1) is 0 Å². The number of carboxylic acid groups (broad SMARTS) is 1. The van der Waals surface area contributed by atoms with Crippen LogP contribution in [0.3, 0.4) is 0 Å². The van der Waals surface area contributed by atoms with E-state index in [4.69, 9.17) is 0 Å². The predicted molar refractivity (Wildman–Crippen MR) is 62.6 cm³/mol. The molecule has 1 heterocycles. The molecule has 17 heavy (non-hydrogen) atoms. The number of aliphatic carboxylic acids is 1. The van der Waals surface area contributed by atoms with E-state index >= 15 is 0 Å². The summed E-state index contributed by atoms with van der Waals surface area (Å²) in [7, 11) is 0. The van der Waals surface area contributed by atoms with Crippen molar-refractivity contribution >= 4 is 5.97 Å². The van der Waals surface area contributed by atoms with Crippen molar-refractivity contribution in [2.45, 2.75) is 12.3 Å². The first-order valence-corrected chi connectivity index (χ1v) is 5.31. The third-order valence-corrected chi connectivity index (χ3v) is 2.53. The van der Waals surface area contributed by atoms with Crippen LogP contribution in [0.4, 0.5) is 0 Å². The zero-order valence-corrected chi connectivity index (χ0v) is 9.15. The SMILES string of the molecule is O=C(O)C(Cc1ccccc1)c1cccnn1. The summed E-state index contributed by atoms with van der Waals surface area (Å²) in [6.07, 6.45) is 1.96. The Hall–Kier alpha value is -2.23. The van der Waals surface area contributed by atoms with Crippen LogP contribution < -0.4 is 0 Å². The average Bonchev–Trinajstić information content (AvgIpc) is 2.38. The largest absolute Gasteiger partial charge is 0.481 e. The number of nitrogens with zero attached hydrogens (tertiary/aromatic N) is 2. The molecule has 1 N–H and O–H groups in total. The Bertz CT molecular complexity index is 485. The van der Waals surface area contributed by atoms with E-state index < -0.39 is 11.9 Å². The molecule has 86 valence electrons. The zero-order chi connectivity index (χ0) is 12.1. The zero-order valence-electron chi connectivity index (χ0n) is 9.15. The molecule has 2 aromatic rings. The van der Waals surface area contributed by atoms with Crippen LogP contribution in [0.15, 0.2) is 48.7 Å². The Morgan fingerprint density at radius 1 is 1.18 bits per heavy atom. The summed E-state index contributed by atoms with van der Waals surface area (Å²) < 4.78 is 0. The van der Waals surface area contributed by atoms with Gasteiger partial charge in [0, 0.05) is 6.20 Å². The van der Waals surface area contributed by atoms with Gasteiger partial charge in [0.1, 0.15) is 5.92 Å². The van der Waals surface area contributed by atoms with Gasteiger partial charge in [-0.2, -0.15) is 10.2 Å². The van der Waals surface area contributed by atoms with Gasteiger partial charge in [0.15, 0.2) is 0 Å². The van der Waals surface area contributed by atoms with Crippen molar-refractivity contribution in [3.63, 3.8) is 0 Å². The fourth-order valence-corrected chi connectivity index (χ4v) is 1.67. The van der Waals surface area contributed by atoms with Gasteiger partial charge in [-0.1, -0.05) is 30.3 Å². The van der Waals surface area contributed by atoms with E-state index in [2.05, 4.69) is 10.2 Å². The molecule has 0 radical (unpaired) electrons. The lowest BCUT2D eigenvalue weighted by Gasteiger charge is -2.10. The summed E-state index contributed by atoms with van der Waals surface area (Å²) in [6.45, 7) is 0. The van der Waals surface area contributed by atoms with Gasteiger partial charge in [0.2, 0.25) is 0 Å². The standard InChI is InChI=1S/C13H12N2O2/c16-13(17)11(12-7-4-8-14-15-12)9-10-5-2-1-3-6-10/h1-8,11H,9H2,(H,16,17). The molecule has 2 rings (SSSR count). The summed E-state index contributed by atoms with van der Waals surface area (Å²) in [5.41, 5.74) is 1.47. The van der Waals surface area contributed by atoms with Crippen molar-refractivity contribution in [3.8, 4) is 0 Å². The van der Waals surface area contributed by atoms with Gasteiger partial charge in [0.05, 0.1) is 5.69 Å². The van der Waals surface area contributed by atoms with Crippen LogP contribution in [0.5, 0.6) is 0 Å². The van der Waals surface area contributed by atoms with Gasteiger partial charge in [-0.25, -0.2) is 0 Å². The number of aromatic nitrogens is 2.